The molecule has 0 spiro atoms. The number of hydrogen-bond donors (Lipinski definition) is 2. The van der Waals surface area contributed by atoms with E-state index in [0.717, 1.165) is 5.69 Å². The van der Waals surface area contributed by atoms with Gasteiger partial charge in [0, 0.05) is 18.3 Å². The van der Waals surface area contributed by atoms with Crippen LogP contribution in [0.15, 0.2) is 30.3 Å². The summed E-state index contributed by atoms with van der Waals surface area (Å²) in [5, 5.41) is 17.0. The summed E-state index contributed by atoms with van der Waals surface area (Å²) < 4.78 is 20.1. The summed E-state index contributed by atoms with van der Waals surface area (Å²) in [7, 11) is 0. The Morgan fingerprint density at radius 2 is 2.24 bits per heavy atom. The second-order valence-corrected chi connectivity index (χ2v) is 5.57. The van der Waals surface area contributed by atoms with Gasteiger partial charge in [0.25, 0.3) is 0 Å². The van der Waals surface area contributed by atoms with Crippen molar-refractivity contribution in [2.24, 2.45) is 5.41 Å². The van der Waals surface area contributed by atoms with Gasteiger partial charge in [-0.2, -0.15) is 5.10 Å². The van der Waals surface area contributed by atoms with Crippen molar-refractivity contribution in [2.75, 3.05) is 31.7 Å². The van der Waals surface area contributed by atoms with Gasteiger partial charge in [-0.1, -0.05) is 6.07 Å². The lowest BCUT2D eigenvalue weighted by molar-refractivity contribution is -0.128. The molecule has 112 valence electrons. The largest absolute Gasteiger partial charge is 0.396 e. The van der Waals surface area contributed by atoms with Gasteiger partial charge in [-0.15, -0.1) is 0 Å². The maximum Gasteiger partial charge on any atom is 0.148 e. The smallest absolute Gasteiger partial charge is 0.148 e. The highest BCUT2D eigenvalue weighted by Crippen LogP contribution is 2.27. The second-order valence-electron chi connectivity index (χ2n) is 5.57. The van der Waals surface area contributed by atoms with Crippen LogP contribution in [0.25, 0.3) is 5.69 Å². The predicted octanol–water partition coefficient (Wildman–Crippen LogP) is 1.74. The van der Waals surface area contributed by atoms with Gasteiger partial charge in [0.15, 0.2) is 0 Å². The lowest BCUT2D eigenvalue weighted by atomic mass is 9.87. The fourth-order valence-corrected chi connectivity index (χ4v) is 2.35. The summed E-state index contributed by atoms with van der Waals surface area (Å²) >= 11 is 0. The molecule has 1 aliphatic rings. The number of aliphatic hydroxyl groups excluding tert-OH is 1. The molecule has 0 saturated carbocycles. The third-order valence-electron chi connectivity index (χ3n) is 3.74. The van der Waals surface area contributed by atoms with Crippen LogP contribution in [-0.4, -0.2) is 41.3 Å². The van der Waals surface area contributed by atoms with Gasteiger partial charge in [-0.3, -0.25) is 0 Å². The summed E-state index contributed by atoms with van der Waals surface area (Å²) in [5.74, 6) is 0.416. The van der Waals surface area contributed by atoms with Crippen LogP contribution in [0.5, 0.6) is 0 Å². The van der Waals surface area contributed by atoms with E-state index in [9.17, 15) is 9.50 Å². The van der Waals surface area contributed by atoms with E-state index >= 15 is 0 Å². The third kappa shape index (κ3) is 2.77. The minimum Gasteiger partial charge on any atom is -0.396 e. The van der Waals surface area contributed by atoms with Crippen LogP contribution in [0.1, 0.15) is 5.69 Å². The molecule has 0 amide bonds. The Balaban J connectivity index is 1.75. The molecule has 1 aliphatic heterocycles. The molecular weight excluding hydrogens is 273 g/mol. The maximum atomic E-state index is 13.3. The van der Waals surface area contributed by atoms with Crippen molar-refractivity contribution in [3.8, 4) is 5.69 Å². The molecule has 1 fully saturated rings. The lowest BCUT2D eigenvalue weighted by Crippen LogP contribution is -2.50. The van der Waals surface area contributed by atoms with E-state index in [2.05, 4.69) is 10.4 Å². The molecule has 1 saturated heterocycles. The first-order valence-corrected chi connectivity index (χ1v) is 6.87. The Bertz CT molecular complexity index is 632. The second kappa shape index (κ2) is 5.46. The Kier molecular flexibility index (Phi) is 3.65. The van der Waals surface area contributed by atoms with Crippen LogP contribution < -0.4 is 5.32 Å². The Labute approximate surface area is 122 Å². The van der Waals surface area contributed by atoms with Crippen molar-refractivity contribution in [1.82, 2.24) is 9.78 Å². The molecule has 1 aromatic heterocycles. The number of benzene rings is 1. The molecule has 2 N–H and O–H groups in total. The molecule has 3 rings (SSSR count). The zero-order valence-electron chi connectivity index (χ0n) is 11.8. The molecule has 6 heteroatoms. The van der Waals surface area contributed by atoms with Gasteiger partial charge in [-0.05, 0) is 25.1 Å². The van der Waals surface area contributed by atoms with Crippen LogP contribution in [-0.2, 0) is 4.74 Å². The number of halogens is 1. The van der Waals surface area contributed by atoms with Crippen LogP contribution in [0.4, 0.5) is 10.2 Å². The molecular formula is C15H18FN3O2. The van der Waals surface area contributed by atoms with Crippen molar-refractivity contribution in [3.05, 3.63) is 41.8 Å². The standard InChI is InChI=1S/C15H18FN3O2/c1-11-5-14(17-7-15(8-20)9-21-10-15)18-19(11)13-4-2-3-12(16)6-13/h2-6,20H,7-10H2,1H3,(H,17,18). The zero-order chi connectivity index (χ0) is 14.9. The lowest BCUT2D eigenvalue weighted by Gasteiger charge is -2.39. The normalized spacial score (nSPS) is 16.5. The van der Waals surface area contributed by atoms with Crippen molar-refractivity contribution < 1.29 is 14.2 Å². The van der Waals surface area contributed by atoms with E-state index in [-0.39, 0.29) is 17.8 Å². The van der Waals surface area contributed by atoms with Crippen molar-refractivity contribution in [2.45, 2.75) is 6.92 Å². The van der Waals surface area contributed by atoms with E-state index in [1.807, 2.05) is 19.1 Å². The number of nitrogens with one attached hydrogen (secondary N) is 1. The van der Waals surface area contributed by atoms with Gasteiger partial charge in [0.05, 0.1) is 30.9 Å². The Morgan fingerprint density at radius 3 is 2.86 bits per heavy atom. The van der Waals surface area contributed by atoms with E-state index in [1.165, 1.54) is 12.1 Å². The topological polar surface area (TPSA) is 59.3 Å². The highest BCUT2D eigenvalue weighted by atomic mass is 19.1. The van der Waals surface area contributed by atoms with E-state index < -0.39 is 0 Å². The average molecular weight is 291 g/mol. The Morgan fingerprint density at radius 1 is 1.43 bits per heavy atom. The van der Waals surface area contributed by atoms with E-state index in [4.69, 9.17) is 4.74 Å². The monoisotopic (exact) mass is 291 g/mol. The molecule has 0 unspecified atom stereocenters. The molecule has 5 nitrogen and oxygen atoms in total. The summed E-state index contributed by atoms with van der Waals surface area (Å²) in [6.07, 6.45) is 0. The molecule has 21 heavy (non-hydrogen) atoms. The van der Waals surface area contributed by atoms with Crippen molar-refractivity contribution >= 4 is 5.82 Å². The highest BCUT2D eigenvalue weighted by molar-refractivity contribution is 5.41. The van der Waals surface area contributed by atoms with Crippen LogP contribution in [0.3, 0.4) is 0 Å². The fraction of sp³-hybridized carbons (Fsp3) is 0.400. The summed E-state index contributed by atoms with van der Waals surface area (Å²) in [4.78, 5) is 0. The Hall–Kier alpha value is -1.92. The number of ether oxygens (including phenoxy) is 1. The number of aliphatic hydroxyl groups is 1. The first kappa shape index (κ1) is 14.0. The van der Waals surface area contributed by atoms with E-state index in [1.54, 1.807) is 10.7 Å². The van der Waals surface area contributed by atoms with Gasteiger partial charge in [-0.25, -0.2) is 9.07 Å². The highest BCUT2D eigenvalue weighted by Gasteiger charge is 2.38. The van der Waals surface area contributed by atoms with Crippen molar-refractivity contribution in [1.29, 1.82) is 0 Å². The average Bonchev–Trinajstić information content (AvgIpc) is 2.79. The molecule has 1 aromatic carbocycles. The minimum atomic E-state index is -0.289. The molecule has 0 radical (unpaired) electrons. The summed E-state index contributed by atoms with van der Waals surface area (Å²) in [6.45, 7) is 3.71. The molecule has 2 aromatic rings. The number of anilines is 1. The zero-order valence-corrected chi connectivity index (χ0v) is 11.8. The quantitative estimate of drug-likeness (QED) is 0.881. The molecule has 2 heterocycles. The van der Waals surface area contributed by atoms with E-state index in [0.29, 0.717) is 31.3 Å². The summed E-state index contributed by atoms with van der Waals surface area (Å²) in [6, 6.07) is 8.21. The van der Waals surface area contributed by atoms with Crippen LogP contribution in [0.2, 0.25) is 0 Å². The number of aromatic nitrogens is 2. The van der Waals surface area contributed by atoms with Gasteiger partial charge >= 0.3 is 0 Å². The predicted molar refractivity (Wildman–Crippen MR) is 77.1 cm³/mol. The van der Waals surface area contributed by atoms with Gasteiger partial charge in [0.1, 0.15) is 11.6 Å². The number of rotatable bonds is 5. The van der Waals surface area contributed by atoms with Crippen LogP contribution in [0, 0.1) is 18.2 Å². The SMILES string of the molecule is Cc1cc(NCC2(CO)COC2)nn1-c1cccc(F)c1. The first-order chi connectivity index (χ1) is 10.1. The number of aryl methyl sites for hydroxylation is 1. The maximum absolute atomic E-state index is 13.3. The van der Waals surface area contributed by atoms with Gasteiger partial charge < -0.3 is 15.2 Å². The van der Waals surface area contributed by atoms with Crippen molar-refractivity contribution in [3.63, 3.8) is 0 Å². The number of hydrogen-bond acceptors (Lipinski definition) is 4. The third-order valence-corrected chi connectivity index (χ3v) is 3.74. The minimum absolute atomic E-state index is 0.0869. The van der Waals surface area contributed by atoms with Crippen LogP contribution >= 0.6 is 0 Å². The summed E-state index contributed by atoms with van der Waals surface area (Å²) in [5.41, 5.74) is 1.38. The number of nitrogens with zero attached hydrogens (tertiary/aromatic N) is 2. The molecule has 0 atom stereocenters. The molecule has 0 bridgehead atoms. The van der Waals surface area contributed by atoms with Gasteiger partial charge in [0.2, 0.25) is 0 Å². The fourth-order valence-electron chi connectivity index (χ4n) is 2.35. The molecule has 0 aliphatic carbocycles. The first-order valence-electron chi connectivity index (χ1n) is 6.87.